The minimum absolute atomic E-state index is 0.0883. The zero-order valence-corrected chi connectivity index (χ0v) is 16.6. The van der Waals surface area contributed by atoms with Crippen molar-refractivity contribution >= 4 is 27.9 Å². The fourth-order valence-electron chi connectivity index (χ4n) is 3.43. The van der Waals surface area contributed by atoms with Gasteiger partial charge in [-0.3, -0.25) is 4.79 Å². The maximum absolute atomic E-state index is 13.1. The first-order valence-corrected chi connectivity index (χ1v) is 10.6. The maximum atomic E-state index is 13.1. The molecular weight excluding hydrogens is 397 g/mol. The summed E-state index contributed by atoms with van der Waals surface area (Å²) in [6.45, 7) is 2.54. The van der Waals surface area contributed by atoms with Crippen LogP contribution in [0.3, 0.4) is 0 Å². The first-order valence-electron chi connectivity index (χ1n) is 8.35. The van der Waals surface area contributed by atoms with Gasteiger partial charge >= 0.3 is 5.97 Å². The highest BCUT2D eigenvalue weighted by molar-refractivity contribution is 7.99. The molecule has 1 aliphatic rings. The molecule has 0 radical (unpaired) electrons. The van der Waals surface area contributed by atoms with Crippen molar-refractivity contribution in [2.45, 2.75) is 41.4 Å². The molecule has 11 heteroatoms. The molecule has 1 saturated heterocycles. The summed E-state index contributed by atoms with van der Waals surface area (Å²) in [4.78, 5) is 25.1. The summed E-state index contributed by atoms with van der Waals surface area (Å²) in [6, 6.07) is 4.09. The number of rotatable bonds is 8. The first-order chi connectivity index (χ1) is 12.6. The minimum atomic E-state index is -4.28. The minimum Gasteiger partial charge on any atom is -0.480 e. The van der Waals surface area contributed by atoms with E-state index in [0.717, 1.165) is 24.3 Å². The fourth-order valence-corrected chi connectivity index (χ4v) is 5.94. The second-order valence-corrected chi connectivity index (χ2v) is 9.38. The maximum Gasteiger partial charge on any atom is 0.326 e. The molecule has 1 unspecified atom stereocenters. The van der Waals surface area contributed by atoms with Gasteiger partial charge in [0.05, 0.1) is 9.64 Å². The van der Waals surface area contributed by atoms with Gasteiger partial charge in [0.1, 0.15) is 11.4 Å². The number of carboxylic acid groups (broad SMARTS) is 1. The number of hydrogen-bond donors (Lipinski definition) is 2. The number of aliphatic carboxylic acids is 1. The molecule has 0 bridgehead atoms. The van der Waals surface area contributed by atoms with Crippen LogP contribution in [-0.4, -0.2) is 54.8 Å². The lowest BCUT2D eigenvalue weighted by Crippen LogP contribution is -2.69. The van der Waals surface area contributed by atoms with Crippen molar-refractivity contribution in [1.29, 1.82) is 0 Å². The standard InChI is InChI=1S/C16H22FN3O5S2/c1-3-16(14(21)22,15(26-19-23)8-10-20(2)11-9-15)18-27(24,25)13-6-4-12(17)5-7-13/h4-7,18H,3,8-11H2,1-2H3,(H,21,22). The van der Waals surface area contributed by atoms with Crippen molar-refractivity contribution in [3.05, 3.63) is 35.0 Å². The molecule has 0 spiro atoms. The number of sulfonamides is 1. The van der Waals surface area contributed by atoms with Crippen molar-refractivity contribution in [1.82, 2.24) is 9.62 Å². The molecule has 0 aromatic heterocycles. The summed E-state index contributed by atoms with van der Waals surface area (Å²) in [5.74, 6) is -1.99. The van der Waals surface area contributed by atoms with Gasteiger partial charge in [0, 0.05) is 16.5 Å². The molecule has 2 N–H and O–H groups in total. The molecule has 1 aromatic rings. The number of halogens is 1. The van der Waals surface area contributed by atoms with Gasteiger partial charge in [-0.2, -0.15) is 4.72 Å². The third-order valence-corrected chi connectivity index (χ3v) is 7.80. The van der Waals surface area contributed by atoms with Gasteiger partial charge in [-0.15, -0.1) is 4.91 Å². The normalized spacial score (nSPS) is 20.0. The van der Waals surface area contributed by atoms with Gasteiger partial charge in [0.2, 0.25) is 10.0 Å². The Hall–Kier alpha value is -1.56. The van der Waals surface area contributed by atoms with Gasteiger partial charge in [-0.25, -0.2) is 12.8 Å². The quantitative estimate of drug-likeness (QED) is 0.490. The van der Waals surface area contributed by atoms with Gasteiger partial charge in [0.15, 0.2) is 0 Å². The van der Waals surface area contributed by atoms with E-state index < -0.39 is 32.1 Å². The first kappa shape index (κ1) is 21.7. The number of likely N-dealkylation sites (tertiary alicyclic amines) is 1. The fraction of sp³-hybridized carbons (Fsp3) is 0.562. The molecule has 0 saturated carbocycles. The van der Waals surface area contributed by atoms with Crippen LogP contribution < -0.4 is 4.72 Å². The average molecular weight is 420 g/mol. The molecule has 0 amide bonds. The molecule has 8 nitrogen and oxygen atoms in total. The average Bonchev–Trinajstić information content (AvgIpc) is 2.62. The summed E-state index contributed by atoms with van der Waals surface area (Å²) in [5.41, 5.74) is -1.94. The summed E-state index contributed by atoms with van der Waals surface area (Å²) in [7, 11) is -2.42. The van der Waals surface area contributed by atoms with E-state index in [4.69, 9.17) is 0 Å². The molecule has 27 heavy (non-hydrogen) atoms. The van der Waals surface area contributed by atoms with Crippen LogP contribution in [0.1, 0.15) is 26.2 Å². The van der Waals surface area contributed by atoms with Crippen molar-refractivity contribution in [3.63, 3.8) is 0 Å². The highest BCUT2D eigenvalue weighted by atomic mass is 32.2. The zero-order valence-electron chi connectivity index (χ0n) is 15.0. The second kappa shape index (κ2) is 8.21. The van der Waals surface area contributed by atoms with Gasteiger partial charge in [-0.1, -0.05) is 6.92 Å². The Morgan fingerprint density at radius 2 is 1.93 bits per heavy atom. The molecular formula is C16H22FN3O5S2. The molecule has 0 aliphatic carbocycles. The van der Waals surface area contributed by atoms with E-state index in [9.17, 15) is 27.6 Å². The van der Waals surface area contributed by atoms with Crippen LogP contribution >= 0.6 is 11.9 Å². The highest BCUT2D eigenvalue weighted by Gasteiger charge is 2.59. The van der Waals surface area contributed by atoms with E-state index in [0.29, 0.717) is 25.0 Å². The second-order valence-electron chi connectivity index (χ2n) is 6.59. The third kappa shape index (κ3) is 4.15. The van der Waals surface area contributed by atoms with Crippen LogP contribution in [0.2, 0.25) is 0 Å². The van der Waals surface area contributed by atoms with Gasteiger partial charge in [0.25, 0.3) is 0 Å². The van der Waals surface area contributed by atoms with E-state index in [2.05, 4.69) is 9.30 Å². The van der Waals surface area contributed by atoms with Crippen LogP contribution in [0, 0.1) is 10.7 Å². The topological polar surface area (TPSA) is 116 Å². The summed E-state index contributed by atoms with van der Waals surface area (Å²) >= 11 is 0.575. The molecule has 150 valence electrons. The summed E-state index contributed by atoms with van der Waals surface area (Å²) < 4.78 is 42.8. The van der Waals surface area contributed by atoms with E-state index in [-0.39, 0.29) is 24.2 Å². The van der Waals surface area contributed by atoms with Crippen LogP contribution in [0.25, 0.3) is 0 Å². The van der Waals surface area contributed by atoms with Crippen molar-refractivity contribution in [2.24, 2.45) is 4.58 Å². The number of nitrogens with zero attached hydrogens (tertiary/aromatic N) is 2. The molecule has 1 fully saturated rings. The van der Waals surface area contributed by atoms with E-state index in [1.165, 1.54) is 0 Å². The number of benzene rings is 1. The number of carboxylic acids is 1. The molecule has 1 heterocycles. The SMILES string of the molecule is CCC(NS(=O)(=O)c1ccc(F)cc1)(C(=O)O)C1(SN=O)CCN(C)CC1. The summed E-state index contributed by atoms with van der Waals surface area (Å²) in [6.07, 6.45) is 0.451. The molecule has 1 atom stereocenters. The van der Waals surface area contributed by atoms with Gasteiger partial charge < -0.3 is 10.0 Å². The number of piperidine rings is 1. The Labute approximate surface area is 161 Å². The van der Waals surface area contributed by atoms with Gasteiger partial charge in [-0.05, 0) is 63.7 Å². The van der Waals surface area contributed by atoms with Crippen LogP contribution in [0.4, 0.5) is 4.39 Å². The zero-order chi connectivity index (χ0) is 20.3. The van der Waals surface area contributed by atoms with Crippen molar-refractivity contribution < 1.29 is 22.7 Å². The third-order valence-electron chi connectivity index (χ3n) is 5.11. The van der Waals surface area contributed by atoms with Crippen LogP contribution in [0.15, 0.2) is 33.7 Å². The monoisotopic (exact) mass is 419 g/mol. The Morgan fingerprint density at radius 1 is 1.37 bits per heavy atom. The predicted octanol–water partition coefficient (Wildman–Crippen LogP) is 2.22. The molecule has 2 rings (SSSR count). The Morgan fingerprint density at radius 3 is 2.37 bits per heavy atom. The van der Waals surface area contributed by atoms with Crippen molar-refractivity contribution in [3.8, 4) is 0 Å². The molecule has 1 aliphatic heterocycles. The largest absolute Gasteiger partial charge is 0.480 e. The smallest absolute Gasteiger partial charge is 0.326 e. The van der Waals surface area contributed by atoms with Crippen molar-refractivity contribution in [2.75, 3.05) is 20.1 Å². The number of nitroso groups, excluding NO2 is 1. The lowest BCUT2D eigenvalue weighted by atomic mass is 9.75. The highest BCUT2D eigenvalue weighted by Crippen LogP contribution is 2.47. The predicted molar refractivity (Wildman–Crippen MR) is 100 cm³/mol. The number of hydrogen-bond acceptors (Lipinski definition) is 7. The Balaban J connectivity index is 2.53. The Bertz CT molecular complexity index is 795. The number of nitrogens with one attached hydrogen (secondary N) is 1. The summed E-state index contributed by atoms with van der Waals surface area (Å²) in [5, 5.41) is 10.0. The lowest BCUT2D eigenvalue weighted by Gasteiger charge is -2.48. The molecule has 1 aromatic carbocycles. The van der Waals surface area contributed by atoms with Crippen LogP contribution in [-0.2, 0) is 14.8 Å². The van der Waals surface area contributed by atoms with Crippen LogP contribution in [0.5, 0.6) is 0 Å². The lowest BCUT2D eigenvalue weighted by molar-refractivity contribution is -0.146. The van der Waals surface area contributed by atoms with E-state index >= 15 is 0 Å². The Kier molecular flexibility index (Phi) is 6.61. The number of carbonyl (C=O) groups is 1. The van der Waals surface area contributed by atoms with E-state index in [1.54, 1.807) is 6.92 Å². The van der Waals surface area contributed by atoms with E-state index in [1.807, 2.05) is 11.9 Å².